The van der Waals surface area contributed by atoms with Gasteiger partial charge in [0.1, 0.15) is 34.0 Å². The molecule has 0 spiro atoms. The topological polar surface area (TPSA) is 120 Å². The van der Waals surface area contributed by atoms with Gasteiger partial charge in [0.15, 0.2) is 47.1 Å². The summed E-state index contributed by atoms with van der Waals surface area (Å²) in [6, 6.07) is 85.6. The first kappa shape index (κ1) is 75.8. The van der Waals surface area contributed by atoms with Gasteiger partial charge in [0.2, 0.25) is 45.6 Å². The molecule has 0 radical (unpaired) electrons. The van der Waals surface area contributed by atoms with E-state index in [1.54, 1.807) is 12.1 Å². The van der Waals surface area contributed by atoms with Gasteiger partial charge >= 0.3 is 0 Å². The van der Waals surface area contributed by atoms with Crippen molar-refractivity contribution in [3.63, 3.8) is 0 Å². The van der Waals surface area contributed by atoms with Crippen molar-refractivity contribution in [2.75, 3.05) is 0 Å². The van der Waals surface area contributed by atoms with Crippen LogP contribution in [0.3, 0.4) is 0 Å². The first-order chi connectivity index (χ1) is 56.5. The third-order valence-electron chi connectivity index (χ3n) is 22.6. The number of rotatable bonds is 9. The van der Waals surface area contributed by atoms with E-state index in [9.17, 15) is 4.39 Å². The van der Waals surface area contributed by atoms with Gasteiger partial charge in [-0.25, -0.2) is 42.6 Å². The maximum Gasteiger partial charge on any atom is 0.227 e. The van der Waals surface area contributed by atoms with Gasteiger partial charge < -0.3 is 17.7 Å². The Morgan fingerprint density at radius 2 is 0.521 bits per heavy atom. The van der Waals surface area contributed by atoms with E-state index in [1.807, 2.05) is 77.3 Å². The molecule has 0 amide bonds. The summed E-state index contributed by atoms with van der Waals surface area (Å²) in [6.07, 6.45) is 8.39. The fraction of sp³-hybridized carbons (Fsp3) is 0.154. The lowest BCUT2D eigenvalue weighted by atomic mass is 9.96. The maximum atomic E-state index is 13.3. The van der Waals surface area contributed by atoms with Crippen LogP contribution in [-0.4, -0.2) is 19.9 Å². The van der Waals surface area contributed by atoms with E-state index in [1.165, 1.54) is 73.3 Å². The Balaban J connectivity index is 0.000000112. The lowest BCUT2D eigenvalue weighted by Crippen LogP contribution is -2.30. The van der Waals surface area contributed by atoms with Crippen LogP contribution in [0.25, 0.3) is 178 Å². The highest BCUT2D eigenvalue weighted by atomic mass is 19.1. The Kier molecular flexibility index (Phi) is 20.2. The first-order valence-corrected chi connectivity index (χ1v) is 39.7. The fourth-order valence-corrected chi connectivity index (χ4v) is 16.0. The van der Waals surface area contributed by atoms with Gasteiger partial charge in [0, 0.05) is 114 Å². The summed E-state index contributed by atoms with van der Waals surface area (Å²) in [5, 5.41) is 8.57. The van der Waals surface area contributed by atoms with Crippen molar-refractivity contribution in [2.24, 2.45) is 28.2 Å². The second-order valence-electron chi connectivity index (χ2n) is 31.3. The number of aromatic nitrogens is 8. The molecule has 0 fully saturated rings. The van der Waals surface area contributed by atoms with Gasteiger partial charge in [-0.05, 0) is 201 Å². The zero-order valence-electron chi connectivity index (χ0n) is 68.6. The fourth-order valence-electron chi connectivity index (χ4n) is 16.0. The van der Waals surface area contributed by atoms with Crippen LogP contribution in [0, 0.1) is 68.1 Å². The van der Waals surface area contributed by atoms with E-state index in [2.05, 4.69) is 314 Å². The molecule has 117 heavy (non-hydrogen) atoms. The van der Waals surface area contributed by atoms with Crippen molar-refractivity contribution >= 4 is 88.3 Å². The molecular formula is C104H91FN8O4+4. The monoisotopic (exact) mass is 1530 g/mol. The third kappa shape index (κ3) is 14.7. The van der Waals surface area contributed by atoms with Crippen molar-refractivity contribution in [3.8, 4) is 89.5 Å². The summed E-state index contributed by atoms with van der Waals surface area (Å²) in [4.78, 5) is 18.4. The molecule has 0 N–H and O–H groups in total. The number of nitrogens with zero attached hydrogens (tertiary/aromatic N) is 8. The predicted octanol–water partition coefficient (Wildman–Crippen LogP) is 24.6. The molecule has 12 nitrogen and oxygen atoms in total. The lowest BCUT2D eigenvalue weighted by Gasteiger charge is -2.09. The summed E-state index contributed by atoms with van der Waals surface area (Å²) in [7, 11) is 8.27. The van der Waals surface area contributed by atoms with Crippen molar-refractivity contribution in [1.82, 2.24) is 19.9 Å². The van der Waals surface area contributed by atoms with E-state index in [0.29, 0.717) is 28.8 Å². The van der Waals surface area contributed by atoms with Gasteiger partial charge in [-0.2, -0.15) is 0 Å². The van der Waals surface area contributed by atoms with Gasteiger partial charge in [-0.15, -0.1) is 0 Å². The first-order valence-electron chi connectivity index (χ1n) is 39.7. The van der Waals surface area contributed by atoms with Crippen molar-refractivity contribution in [3.05, 3.63) is 335 Å². The molecule has 0 aliphatic rings. The Morgan fingerprint density at radius 1 is 0.265 bits per heavy atom. The van der Waals surface area contributed by atoms with Crippen LogP contribution in [0.1, 0.15) is 75.9 Å². The quantitative estimate of drug-likeness (QED) is 0.131. The summed E-state index contributed by atoms with van der Waals surface area (Å²) in [5.41, 5.74) is 35.4. The standard InChI is InChI=1S/C28H27N2O.C26H23N2O.C25H20FN2O.C25H21N2O/c1-17(2)20-8-10-21(11-9-20)22-14-15-30(5)25(16-22)26-18(3)6-12-23-24-13-7-19(4)29-28(24)31-27(23)26;1-16-5-9-19(10-6-16)20-13-14-28(4)23(15-20)24-17(2)7-11-21-22-12-8-18(3)27-26(22)29-25(21)24;1-15-4-10-20-21-11-5-16(2)27-25(21)29-24(20)23(15)22-14-18(12-13-28(22)3)17-6-8-19(26)9-7-17;1-16-9-11-20-21-12-10-17(2)26-25(21)28-24(20)23(16)22-15-19(13-14-27(22)3)18-7-5-4-6-8-18/h6-17H,1-5H3;5-15H,1-4H3;4-14H,1-3H3;4-15H,1-3H3/q4*+1. The number of benzene rings is 8. The average Bonchev–Trinajstić information content (AvgIpc) is 1.64. The number of furan rings is 4. The number of hydrogen-bond donors (Lipinski definition) is 0. The van der Waals surface area contributed by atoms with E-state index in [4.69, 9.17) is 17.7 Å². The molecule has 8 aromatic carbocycles. The molecule has 20 rings (SSSR count). The minimum atomic E-state index is -0.235. The second-order valence-corrected chi connectivity index (χ2v) is 31.3. The van der Waals surface area contributed by atoms with E-state index in [0.717, 1.165) is 150 Å². The van der Waals surface area contributed by atoms with Crippen LogP contribution in [0.4, 0.5) is 4.39 Å². The molecule has 0 bridgehead atoms. The number of halogens is 1. The zero-order chi connectivity index (χ0) is 81.2. The molecule has 0 saturated carbocycles. The molecule has 12 heterocycles. The Bertz CT molecular complexity index is 7040. The molecule has 574 valence electrons. The van der Waals surface area contributed by atoms with Crippen molar-refractivity contribution in [1.29, 1.82) is 0 Å². The minimum absolute atomic E-state index is 0.235. The molecule has 0 aliphatic carbocycles. The van der Waals surface area contributed by atoms with Gasteiger partial charge in [-0.1, -0.05) is 159 Å². The number of pyridine rings is 8. The molecule has 0 aliphatic heterocycles. The second kappa shape index (κ2) is 31.1. The molecule has 13 heteroatoms. The Hall–Kier alpha value is -13.9. The van der Waals surface area contributed by atoms with Crippen molar-refractivity contribution in [2.45, 2.75) is 82.1 Å². The molecule has 12 aromatic heterocycles. The number of fused-ring (bicyclic) bond motifs is 12. The maximum absolute atomic E-state index is 13.3. The zero-order valence-corrected chi connectivity index (χ0v) is 68.6. The minimum Gasteiger partial charge on any atom is -0.437 e. The van der Waals surface area contributed by atoms with Gasteiger partial charge in [0.05, 0.1) is 22.3 Å². The number of aryl methyl sites for hydroxylation is 13. The molecular weight excluding hydrogens is 1440 g/mol. The van der Waals surface area contributed by atoms with E-state index in [-0.39, 0.29) is 5.82 Å². The Morgan fingerprint density at radius 3 is 0.803 bits per heavy atom. The van der Waals surface area contributed by atoms with Crippen LogP contribution in [0.2, 0.25) is 0 Å². The van der Waals surface area contributed by atoms with E-state index >= 15 is 0 Å². The van der Waals surface area contributed by atoms with E-state index < -0.39 is 0 Å². The summed E-state index contributed by atoms with van der Waals surface area (Å²) in [5.74, 6) is 0.296. The van der Waals surface area contributed by atoms with Crippen LogP contribution in [0.15, 0.2) is 291 Å². The highest BCUT2D eigenvalue weighted by Crippen LogP contribution is 2.43. The summed E-state index contributed by atoms with van der Waals surface area (Å²) in [6.45, 7) is 23.0. The lowest BCUT2D eigenvalue weighted by molar-refractivity contribution is -0.660. The van der Waals surface area contributed by atoms with Crippen LogP contribution in [-0.2, 0) is 28.2 Å². The molecule has 0 saturated heterocycles. The summed E-state index contributed by atoms with van der Waals surface area (Å²) < 4.78 is 47.0. The van der Waals surface area contributed by atoms with Crippen LogP contribution in [0.5, 0.6) is 0 Å². The molecule has 0 unspecified atom stereocenters. The van der Waals surface area contributed by atoms with Gasteiger partial charge in [0.25, 0.3) is 0 Å². The van der Waals surface area contributed by atoms with Gasteiger partial charge in [-0.3, -0.25) is 0 Å². The Labute approximate surface area is 679 Å². The van der Waals surface area contributed by atoms with Crippen LogP contribution < -0.4 is 18.3 Å². The highest BCUT2D eigenvalue weighted by Gasteiger charge is 2.28. The molecule has 0 atom stereocenters. The largest absolute Gasteiger partial charge is 0.437 e. The number of hydrogen-bond acceptors (Lipinski definition) is 8. The normalized spacial score (nSPS) is 11.5. The summed E-state index contributed by atoms with van der Waals surface area (Å²) >= 11 is 0. The van der Waals surface area contributed by atoms with Crippen LogP contribution >= 0.6 is 0 Å². The molecule has 20 aromatic rings. The predicted molar refractivity (Wildman–Crippen MR) is 471 cm³/mol. The average molecular weight is 1540 g/mol. The van der Waals surface area contributed by atoms with Crippen molar-refractivity contribution < 1.29 is 40.3 Å². The third-order valence-corrected chi connectivity index (χ3v) is 22.6. The highest BCUT2D eigenvalue weighted by molar-refractivity contribution is 6.12. The smallest absolute Gasteiger partial charge is 0.227 e. The SMILES string of the molecule is Cc1ccc(-c2cc[n+](C)c(-c3c(C)ccc4c3oc3nc(C)ccc34)c2)cc1.Cc1ccc2c(n1)oc1c(-c3cc(-c4ccc(C(C)C)cc4)cc[n+]3C)c(C)ccc12.Cc1ccc2c(n1)oc1c(-c3cc(-c4ccc(F)cc4)cc[n+]3C)c(C)ccc12.Cc1ccc2c(n1)oc1c(-c3cc(-c4ccccc4)cc[n+]3C)c(C)ccc12.